The molecule has 4 nitrogen and oxygen atoms in total. The molecular weight excluding hydrogens is 240 g/mol. The van der Waals surface area contributed by atoms with E-state index >= 15 is 0 Å². The zero-order valence-electron chi connectivity index (χ0n) is 10.6. The number of hydrogen-bond donors (Lipinski definition) is 2. The van der Waals surface area contributed by atoms with Crippen molar-refractivity contribution in [2.45, 2.75) is 19.3 Å². The Morgan fingerprint density at radius 3 is 2.95 bits per heavy atom. The molecule has 19 heavy (non-hydrogen) atoms. The molecule has 0 saturated heterocycles. The van der Waals surface area contributed by atoms with E-state index in [0.29, 0.717) is 17.7 Å². The molecule has 0 amide bonds. The summed E-state index contributed by atoms with van der Waals surface area (Å²) < 4.78 is 0. The van der Waals surface area contributed by atoms with Crippen molar-refractivity contribution in [3.63, 3.8) is 0 Å². The average Bonchev–Trinajstić information content (AvgIpc) is 2.53. The molecule has 3 rings (SSSR count). The van der Waals surface area contributed by atoms with E-state index in [9.17, 15) is 9.90 Å². The Bertz CT molecular complexity index is 617. The Morgan fingerprint density at radius 2 is 2.21 bits per heavy atom. The first-order valence-corrected chi connectivity index (χ1v) is 6.38. The SMILES string of the molecule is C=C1Cc2c(N)ccc3c2N(C=C1C(=O)O)CCC3. The van der Waals surface area contributed by atoms with Crippen LogP contribution in [0.4, 0.5) is 11.4 Å². The molecule has 0 bridgehead atoms. The second kappa shape index (κ2) is 4.16. The normalized spacial score (nSPS) is 17.6. The number of nitrogen functional groups attached to an aromatic ring is 1. The number of anilines is 2. The van der Waals surface area contributed by atoms with Gasteiger partial charge < -0.3 is 15.7 Å². The van der Waals surface area contributed by atoms with Crippen LogP contribution in [0, 0.1) is 0 Å². The maximum atomic E-state index is 11.3. The summed E-state index contributed by atoms with van der Waals surface area (Å²) in [6, 6.07) is 3.96. The van der Waals surface area contributed by atoms with E-state index in [1.54, 1.807) is 6.20 Å². The lowest BCUT2D eigenvalue weighted by Gasteiger charge is -2.30. The van der Waals surface area contributed by atoms with Crippen molar-refractivity contribution in [1.29, 1.82) is 0 Å². The summed E-state index contributed by atoms with van der Waals surface area (Å²) >= 11 is 0. The molecule has 0 fully saturated rings. The third kappa shape index (κ3) is 1.80. The fourth-order valence-electron chi connectivity index (χ4n) is 2.89. The van der Waals surface area contributed by atoms with E-state index in [2.05, 4.69) is 6.58 Å². The van der Waals surface area contributed by atoms with E-state index < -0.39 is 5.97 Å². The quantitative estimate of drug-likeness (QED) is 0.755. The predicted octanol–water partition coefficient (Wildman–Crippen LogP) is 2.10. The molecule has 4 heteroatoms. The molecule has 2 aliphatic heterocycles. The fraction of sp³-hybridized carbons (Fsp3) is 0.267. The van der Waals surface area contributed by atoms with Gasteiger partial charge in [-0.05, 0) is 30.0 Å². The molecule has 0 unspecified atom stereocenters. The molecule has 0 radical (unpaired) electrons. The highest BCUT2D eigenvalue weighted by Crippen LogP contribution is 2.39. The number of hydrogen-bond acceptors (Lipinski definition) is 3. The molecular formula is C15H16N2O2. The molecule has 0 aliphatic carbocycles. The number of carboxylic acids is 1. The van der Waals surface area contributed by atoms with Gasteiger partial charge in [-0.3, -0.25) is 0 Å². The van der Waals surface area contributed by atoms with Crippen LogP contribution in [0.3, 0.4) is 0 Å². The summed E-state index contributed by atoms with van der Waals surface area (Å²) in [4.78, 5) is 13.4. The van der Waals surface area contributed by atoms with Crippen LogP contribution in [0.25, 0.3) is 0 Å². The lowest BCUT2D eigenvalue weighted by molar-refractivity contribution is -0.132. The summed E-state index contributed by atoms with van der Waals surface area (Å²) in [7, 11) is 0. The van der Waals surface area contributed by atoms with Crippen molar-refractivity contribution in [2.75, 3.05) is 17.2 Å². The summed E-state index contributed by atoms with van der Waals surface area (Å²) in [5, 5.41) is 9.30. The van der Waals surface area contributed by atoms with Gasteiger partial charge in [-0.15, -0.1) is 0 Å². The highest BCUT2D eigenvalue weighted by molar-refractivity contribution is 5.93. The van der Waals surface area contributed by atoms with Gasteiger partial charge in [0.25, 0.3) is 0 Å². The lowest BCUT2D eigenvalue weighted by Crippen LogP contribution is -2.25. The molecule has 2 aliphatic rings. The highest BCUT2D eigenvalue weighted by atomic mass is 16.4. The second-order valence-electron chi connectivity index (χ2n) is 5.07. The number of rotatable bonds is 1. The van der Waals surface area contributed by atoms with Gasteiger partial charge in [0.2, 0.25) is 0 Å². The van der Waals surface area contributed by atoms with Gasteiger partial charge in [0, 0.05) is 36.1 Å². The third-order valence-corrected chi connectivity index (χ3v) is 3.82. The topological polar surface area (TPSA) is 66.6 Å². The van der Waals surface area contributed by atoms with Gasteiger partial charge in [-0.1, -0.05) is 12.6 Å². The Labute approximate surface area is 111 Å². The van der Waals surface area contributed by atoms with Crippen LogP contribution in [-0.2, 0) is 17.6 Å². The summed E-state index contributed by atoms with van der Waals surface area (Å²) in [6.45, 7) is 4.73. The van der Waals surface area contributed by atoms with Crippen LogP contribution in [0.1, 0.15) is 17.5 Å². The average molecular weight is 256 g/mol. The minimum Gasteiger partial charge on any atom is -0.478 e. The van der Waals surface area contributed by atoms with Crippen molar-refractivity contribution in [1.82, 2.24) is 0 Å². The summed E-state index contributed by atoms with van der Waals surface area (Å²) in [5.41, 5.74) is 11.0. The standard InChI is InChI=1S/C15H16N2O2/c1-9-7-11-13(16)5-4-10-3-2-6-17(14(10)11)8-12(9)15(18)19/h4-5,8H,1-3,6-7,16H2,(H,18,19). The molecule has 2 heterocycles. The van der Waals surface area contributed by atoms with Crippen molar-refractivity contribution in [3.05, 3.63) is 47.2 Å². The Kier molecular flexibility index (Phi) is 2.59. The first kappa shape index (κ1) is 11.8. The Morgan fingerprint density at radius 1 is 1.42 bits per heavy atom. The van der Waals surface area contributed by atoms with E-state index in [4.69, 9.17) is 5.73 Å². The molecule has 0 saturated carbocycles. The summed E-state index contributed by atoms with van der Waals surface area (Å²) in [5.74, 6) is -0.927. The predicted molar refractivity (Wildman–Crippen MR) is 75.1 cm³/mol. The van der Waals surface area contributed by atoms with Crippen molar-refractivity contribution in [2.24, 2.45) is 0 Å². The maximum Gasteiger partial charge on any atom is 0.337 e. The Balaban J connectivity index is 2.22. The van der Waals surface area contributed by atoms with Crippen LogP contribution in [0.5, 0.6) is 0 Å². The summed E-state index contributed by atoms with van der Waals surface area (Å²) in [6.07, 6.45) is 4.25. The number of carboxylic acid groups (broad SMARTS) is 1. The van der Waals surface area contributed by atoms with Crippen LogP contribution in [-0.4, -0.2) is 17.6 Å². The Hall–Kier alpha value is -2.23. The van der Waals surface area contributed by atoms with Gasteiger partial charge in [0.1, 0.15) is 0 Å². The molecule has 3 N–H and O–H groups in total. The zero-order chi connectivity index (χ0) is 13.6. The lowest BCUT2D eigenvalue weighted by atomic mass is 9.94. The highest BCUT2D eigenvalue weighted by Gasteiger charge is 2.27. The van der Waals surface area contributed by atoms with Crippen LogP contribution in [0.15, 0.2) is 36.1 Å². The molecule has 0 spiro atoms. The van der Waals surface area contributed by atoms with E-state index in [0.717, 1.165) is 30.6 Å². The molecule has 0 aromatic heterocycles. The fourth-order valence-corrected chi connectivity index (χ4v) is 2.89. The van der Waals surface area contributed by atoms with Gasteiger partial charge in [-0.25, -0.2) is 4.79 Å². The second-order valence-corrected chi connectivity index (χ2v) is 5.07. The van der Waals surface area contributed by atoms with Crippen molar-refractivity contribution < 1.29 is 9.90 Å². The van der Waals surface area contributed by atoms with Crippen molar-refractivity contribution >= 4 is 17.3 Å². The van der Waals surface area contributed by atoms with Gasteiger partial charge in [0.15, 0.2) is 0 Å². The molecule has 98 valence electrons. The monoisotopic (exact) mass is 256 g/mol. The first-order valence-electron chi connectivity index (χ1n) is 6.38. The number of aliphatic carboxylic acids is 1. The van der Waals surface area contributed by atoms with Crippen molar-refractivity contribution in [3.8, 4) is 0 Å². The number of nitrogens with two attached hydrogens (primary N) is 1. The smallest absolute Gasteiger partial charge is 0.337 e. The molecule has 0 atom stereocenters. The van der Waals surface area contributed by atoms with Gasteiger partial charge >= 0.3 is 5.97 Å². The van der Waals surface area contributed by atoms with E-state index in [-0.39, 0.29) is 5.57 Å². The van der Waals surface area contributed by atoms with Gasteiger partial charge in [0.05, 0.1) is 5.57 Å². The first-order chi connectivity index (χ1) is 9.08. The minimum absolute atomic E-state index is 0.281. The van der Waals surface area contributed by atoms with Crippen LogP contribution in [0.2, 0.25) is 0 Å². The number of aryl methyl sites for hydroxylation is 1. The van der Waals surface area contributed by atoms with E-state index in [1.165, 1.54) is 5.56 Å². The van der Waals surface area contributed by atoms with Gasteiger partial charge in [-0.2, -0.15) is 0 Å². The largest absolute Gasteiger partial charge is 0.478 e. The number of benzene rings is 1. The zero-order valence-corrected chi connectivity index (χ0v) is 10.6. The van der Waals surface area contributed by atoms with Crippen LogP contribution < -0.4 is 10.6 Å². The number of carbonyl (C=O) groups is 1. The minimum atomic E-state index is -0.927. The van der Waals surface area contributed by atoms with E-state index in [1.807, 2.05) is 17.0 Å². The van der Waals surface area contributed by atoms with Crippen LogP contribution >= 0.6 is 0 Å². The maximum absolute atomic E-state index is 11.3. The molecule has 1 aromatic carbocycles. The molecule has 1 aromatic rings. The number of nitrogens with zero attached hydrogens (tertiary/aromatic N) is 1. The third-order valence-electron chi connectivity index (χ3n) is 3.82.